The van der Waals surface area contributed by atoms with Crippen molar-refractivity contribution in [2.24, 2.45) is 11.3 Å². The molecule has 1 saturated carbocycles. The highest BCUT2D eigenvalue weighted by Crippen LogP contribution is 2.51. The summed E-state index contributed by atoms with van der Waals surface area (Å²) in [5.74, 6) is 0.109. The third-order valence-electron chi connectivity index (χ3n) is 6.24. The van der Waals surface area contributed by atoms with E-state index in [1.807, 2.05) is 4.90 Å². The van der Waals surface area contributed by atoms with Gasteiger partial charge in [0.15, 0.2) is 5.69 Å². The van der Waals surface area contributed by atoms with E-state index in [-0.39, 0.29) is 34.7 Å². The maximum Gasteiger partial charge on any atom is 0.274 e. The Morgan fingerprint density at radius 1 is 1.27 bits per heavy atom. The molecule has 2 unspecified atom stereocenters. The fraction of sp³-hybridized carbons (Fsp3) is 0.684. The van der Waals surface area contributed by atoms with Crippen LogP contribution in [0.3, 0.4) is 0 Å². The van der Waals surface area contributed by atoms with Crippen molar-refractivity contribution < 1.29 is 14.3 Å². The van der Waals surface area contributed by atoms with E-state index in [4.69, 9.17) is 4.74 Å². The molecular formula is C19H26N4O3. The predicted molar refractivity (Wildman–Crippen MR) is 94.3 cm³/mol. The minimum absolute atomic E-state index is 0.0161. The number of likely N-dealkylation sites (tertiary alicyclic amines) is 1. The number of amides is 2. The van der Waals surface area contributed by atoms with Crippen molar-refractivity contribution >= 4 is 11.8 Å². The largest absolute Gasteiger partial charge is 0.381 e. The minimum Gasteiger partial charge on any atom is -0.381 e. The lowest BCUT2D eigenvalue weighted by molar-refractivity contribution is -0.123. The van der Waals surface area contributed by atoms with Gasteiger partial charge in [-0.1, -0.05) is 13.8 Å². The van der Waals surface area contributed by atoms with Gasteiger partial charge in [0, 0.05) is 43.5 Å². The van der Waals surface area contributed by atoms with Crippen molar-refractivity contribution in [3.63, 3.8) is 0 Å². The van der Waals surface area contributed by atoms with E-state index in [9.17, 15) is 9.59 Å². The zero-order chi connectivity index (χ0) is 18.4. The van der Waals surface area contributed by atoms with Crippen LogP contribution in [0.4, 0.5) is 0 Å². The second-order valence-electron chi connectivity index (χ2n) is 8.52. The van der Waals surface area contributed by atoms with E-state index < -0.39 is 0 Å². The quantitative estimate of drug-likeness (QED) is 0.883. The van der Waals surface area contributed by atoms with Crippen LogP contribution < -0.4 is 5.32 Å². The first kappa shape index (κ1) is 17.4. The molecule has 3 aliphatic rings. The van der Waals surface area contributed by atoms with E-state index in [0.29, 0.717) is 25.5 Å². The molecule has 4 rings (SSSR count). The molecule has 140 valence electrons. The summed E-state index contributed by atoms with van der Waals surface area (Å²) in [6.07, 6.45) is 4.86. The van der Waals surface area contributed by atoms with Gasteiger partial charge in [0.1, 0.15) is 0 Å². The summed E-state index contributed by atoms with van der Waals surface area (Å²) >= 11 is 0. The fourth-order valence-corrected chi connectivity index (χ4v) is 4.44. The molecule has 1 aliphatic carbocycles. The first-order valence-corrected chi connectivity index (χ1v) is 9.39. The number of carbonyl (C=O) groups excluding carboxylic acids is 2. The zero-order valence-electron chi connectivity index (χ0n) is 15.4. The first-order chi connectivity index (χ1) is 12.4. The molecule has 2 saturated heterocycles. The minimum atomic E-state index is -0.260. The molecule has 1 spiro atoms. The molecule has 26 heavy (non-hydrogen) atoms. The molecule has 1 N–H and O–H groups in total. The van der Waals surface area contributed by atoms with Gasteiger partial charge in [0.2, 0.25) is 5.91 Å². The monoisotopic (exact) mass is 358 g/mol. The lowest BCUT2D eigenvalue weighted by Crippen LogP contribution is -2.50. The van der Waals surface area contributed by atoms with Crippen LogP contribution in [0.5, 0.6) is 0 Å². The Bertz CT molecular complexity index is 700. The Morgan fingerprint density at radius 3 is 2.62 bits per heavy atom. The number of carbonyl (C=O) groups is 2. The third kappa shape index (κ3) is 3.09. The van der Waals surface area contributed by atoms with Crippen molar-refractivity contribution in [2.45, 2.75) is 51.1 Å². The highest BCUT2D eigenvalue weighted by Gasteiger charge is 2.53. The van der Waals surface area contributed by atoms with Crippen LogP contribution in [-0.2, 0) is 9.53 Å². The van der Waals surface area contributed by atoms with Gasteiger partial charge in [-0.2, -0.15) is 5.10 Å². The second kappa shape index (κ2) is 6.30. The molecule has 3 fully saturated rings. The first-order valence-electron chi connectivity index (χ1n) is 9.39. The number of hydrogen-bond donors (Lipinski definition) is 1. The summed E-state index contributed by atoms with van der Waals surface area (Å²) in [5.41, 5.74) is 0.201. The van der Waals surface area contributed by atoms with Gasteiger partial charge in [-0.05, 0) is 43.2 Å². The van der Waals surface area contributed by atoms with Crippen molar-refractivity contribution in [1.82, 2.24) is 20.4 Å². The average molecular weight is 358 g/mol. The van der Waals surface area contributed by atoms with Gasteiger partial charge in [0.05, 0.1) is 0 Å². The molecule has 2 aliphatic heterocycles. The van der Waals surface area contributed by atoms with E-state index in [0.717, 1.165) is 25.7 Å². The van der Waals surface area contributed by atoms with Gasteiger partial charge in [-0.15, -0.1) is 5.10 Å². The summed E-state index contributed by atoms with van der Waals surface area (Å²) in [6, 6.07) is 3.40. The number of nitrogens with zero attached hydrogens (tertiary/aromatic N) is 3. The lowest BCUT2D eigenvalue weighted by atomic mass is 9.86. The molecule has 1 aromatic heterocycles. The van der Waals surface area contributed by atoms with Crippen molar-refractivity contribution in [1.29, 1.82) is 0 Å². The van der Waals surface area contributed by atoms with Crippen LogP contribution in [0.1, 0.15) is 50.0 Å². The van der Waals surface area contributed by atoms with Crippen LogP contribution in [0.2, 0.25) is 0 Å². The predicted octanol–water partition coefficient (Wildman–Crippen LogP) is 1.40. The van der Waals surface area contributed by atoms with E-state index in [1.165, 1.54) is 0 Å². The smallest absolute Gasteiger partial charge is 0.274 e. The van der Waals surface area contributed by atoms with Crippen molar-refractivity contribution in [2.75, 3.05) is 19.8 Å². The number of nitrogens with one attached hydrogen (secondary N) is 1. The number of rotatable bonds is 3. The summed E-state index contributed by atoms with van der Waals surface area (Å²) in [7, 11) is 0. The Hall–Kier alpha value is -2.02. The van der Waals surface area contributed by atoms with Crippen LogP contribution in [-0.4, -0.2) is 58.3 Å². The molecule has 0 bridgehead atoms. The topological polar surface area (TPSA) is 84.4 Å². The molecule has 2 amide bonds. The number of hydrogen-bond acceptors (Lipinski definition) is 5. The zero-order valence-corrected chi connectivity index (χ0v) is 15.4. The maximum absolute atomic E-state index is 13.1. The molecule has 0 radical (unpaired) electrons. The Morgan fingerprint density at radius 2 is 2.00 bits per heavy atom. The van der Waals surface area contributed by atoms with Gasteiger partial charge >= 0.3 is 0 Å². The normalized spacial score (nSPS) is 28.8. The molecule has 0 aromatic carbocycles. The number of ether oxygens (including phenoxy) is 1. The average Bonchev–Trinajstić information content (AvgIpc) is 3.16. The SMILES string of the molecule is CC1(C)CC1C(=O)NC1CN(C(=O)c2cccnn2)C2(CCOCC2)C1. The van der Waals surface area contributed by atoms with Crippen molar-refractivity contribution in [3.05, 3.63) is 24.0 Å². The second-order valence-corrected chi connectivity index (χ2v) is 8.52. The van der Waals surface area contributed by atoms with Gasteiger partial charge in [-0.25, -0.2) is 0 Å². The van der Waals surface area contributed by atoms with E-state index >= 15 is 0 Å². The highest BCUT2D eigenvalue weighted by atomic mass is 16.5. The van der Waals surface area contributed by atoms with Gasteiger partial charge < -0.3 is 15.0 Å². The van der Waals surface area contributed by atoms with Crippen molar-refractivity contribution in [3.8, 4) is 0 Å². The molecular weight excluding hydrogens is 332 g/mol. The third-order valence-corrected chi connectivity index (χ3v) is 6.24. The van der Waals surface area contributed by atoms with E-state index in [1.54, 1.807) is 18.3 Å². The molecule has 2 atom stereocenters. The summed E-state index contributed by atoms with van der Waals surface area (Å²) < 4.78 is 5.53. The van der Waals surface area contributed by atoms with Crippen LogP contribution in [0, 0.1) is 11.3 Å². The van der Waals surface area contributed by atoms with Gasteiger partial charge in [0.25, 0.3) is 5.91 Å². The summed E-state index contributed by atoms with van der Waals surface area (Å²) in [6.45, 7) is 6.04. The van der Waals surface area contributed by atoms with Gasteiger partial charge in [-0.3, -0.25) is 9.59 Å². The number of aromatic nitrogens is 2. The lowest BCUT2D eigenvalue weighted by Gasteiger charge is -2.41. The standard InChI is InChI=1S/C19H26N4O3/c1-18(2)11-14(18)16(24)21-13-10-19(5-8-26-9-6-19)23(12-13)17(25)15-4-3-7-20-22-15/h3-4,7,13-14H,5-6,8-12H2,1-2H3,(H,21,24). The van der Waals surface area contributed by atoms with Crippen LogP contribution in [0.25, 0.3) is 0 Å². The molecule has 3 heterocycles. The van der Waals surface area contributed by atoms with E-state index in [2.05, 4.69) is 29.4 Å². The Balaban J connectivity index is 1.52. The Labute approximate surface area is 153 Å². The highest BCUT2D eigenvalue weighted by molar-refractivity contribution is 5.93. The summed E-state index contributed by atoms with van der Waals surface area (Å²) in [4.78, 5) is 27.5. The summed E-state index contributed by atoms with van der Waals surface area (Å²) in [5, 5.41) is 11.0. The van der Waals surface area contributed by atoms with Crippen LogP contribution >= 0.6 is 0 Å². The molecule has 7 nitrogen and oxygen atoms in total. The molecule has 7 heteroatoms. The maximum atomic E-state index is 13.1. The fourth-order valence-electron chi connectivity index (χ4n) is 4.44. The van der Waals surface area contributed by atoms with Crippen LogP contribution in [0.15, 0.2) is 18.3 Å². The Kier molecular flexibility index (Phi) is 4.22. The molecule has 1 aromatic rings.